The summed E-state index contributed by atoms with van der Waals surface area (Å²) in [6, 6.07) is 6.70. The maximum atomic E-state index is 11.3. The first-order chi connectivity index (χ1) is 9.60. The number of ether oxygens (including phenoxy) is 1. The molecule has 0 amide bonds. The highest BCUT2D eigenvalue weighted by atomic mass is 79.9. The van der Waals surface area contributed by atoms with Crippen LogP contribution in [0.25, 0.3) is 0 Å². The van der Waals surface area contributed by atoms with E-state index in [-0.39, 0.29) is 12.0 Å². The Kier molecular flexibility index (Phi) is 3.73. The Balaban J connectivity index is 1.75. The minimum Gasteiger partial charge on any atom is -0.496 e. The first kappa shape index (κ1) is 13.9. The summed E-state index contributed by atoms with van der Waals surface area (Å²) in [5, 5.41) is 9.28. The summed E-state index contributed by atoms with van der Waals surface area (Å²) in [5.41, 5.74) is 1.20. The number of nitrogens with zero attached hydrogens (tertiary/aromatic N) is 1. The van der Waals surface area contributed by atoms with Gasteiger partial charge in [0.15, 0.2) is 0 Å². The molecule has 1 aromatic carbocycles. The molecule has 20 heavy (non-hydrogen) atoms. The van der Waals surface area contributed by atoms with Gasteiger partial charge in [-0.25, -0.2) is 0 Å². The average Bonchev–Trinajstić information content (AvgIpc) is 2.96. The highest BCUT2D eigenvalue weighted by Gasteiger charge is 2.48. The topological polar surface area (TPSA) is 49.8 Å². The zero-order chi connectivity index (χ0) is 14.3. The van der Waals surface area contributed by atoms with E-state index >= 15 is 0 Å². The summed E-state index contributed by atoms with van der Waals surface area (Å²) in [5.74, 6) is -0.00453. The summed E-state index contributed by atoms with van der Waals surface area (Å²) < 4.78 is 6.18. The monoisotopic (exact) mass is 339 g/mol. The predicted octanol–water partition coefficient (Wildman–Crippen LogP) is 2.90. The largest absolute Gasteiger partial charge is 0.496 e. The van der Waals surface area contributed by atoms with Gasteiger partial charge in [-0.15, -0.1) is 0 Å². The Morgan fingerprint density at radius 3 is 2.90 bits per heavy atom. The Hall–Kier alpha value is -1.07. The van der Waals surface area contributed by atoms with E-state index in [0.29, 0.717) is 6.04 Å². The van der Waals surface area contributed by atoms with Crippen molar-refractivity contribution in [2.24, 2.45) is 5.92 Å². The second-order valence-electron chi connectivity index (χ2n) is 5.62. The molecular weight excluding hydrogens is 322 g/mol. The molecule has 2 aliphatic rings. The highest BCUT2D eigenvalue weighted by molar-refractivity contribution is 9.10. The van der Waals surface area contributed by atoms with Crippen LogP contribution in [-0.2, 0) is 11.3 Å². The van der Waals surface area contributed by atoms with Crippen LogP contribution >= 0.6 is 15.9 Å². The number of rotatable bonds is 4. The van der Waals surface area contributed by atoms with Crippen LogP contribution in [0.2, 0.25) is 0 Å². The van der Waals surface area contributed by atoms with E-state index in [4.69, 9.17) is 4.74 Å². The van der Waals surface area contributed by atoms with E-state index in [0.717, 1.165) is 36.0 Å². The van der Waals surface area contributed by atoms with Crippen molar-refractivity contribution in [3.63, 3.8) is 0 Å². The van der Waals surface area contributed by atoms with E-state index in [1.165, 1.54) is 5.56 Å². The van der Waals surface area contributed by atoms with Crippen LogP contribution in [0.1, 0.15) is 24.8 Å². The number of halogens is 1. The molecule has 2 saturated heterocycles. The lowest BCUT2D eigenvalue weighted by molar-refractivity contribution is -0.142. The predicted molar refractivity (Wildman–Crippen MR) is 78.8 cm³/mol. The zero-order valence-electron chi connectivity index (χ0n) is 11.4. The van der Waals surface area contributed by atoms with Gasteiger partial charge in [-0.3, -0.25) is 9.69 Å². The van der Waals surface area contributed by atoms with E-state index in [9.17, 15) is 9.90 Å². The molecule has 108 valence electrons. The summed E-state index contributed by atoms with van der Waals surface area (Å²) in [6.45, 7) is 0.821. The van der Waals surface area contributed by atoms with Crippen molar-refractivity contribution in [3.8, 4) is 5.75 Å². The van der Waals surface area contributed by atoms with Crippen molar-refractivity contribution in [1.82, 2.24) is 4.90 Å². The van der Waals surface area contributed by atoms with E-state index in [1.807, 2.05) is 6.07 Å². The van der Waals surface area contributed by atoms with Crippen molar-refractivity contribution in [1.29, 1.82) is 0 Å². The SMILES string of the molecule is COc1ccc(CN2C3CCC2C(C(=O)O)C3)cc1Br. The van der Waals surface area contributed by atoms with Gasteiger partial charge in [-0.05, 0) is 52.9 Å². The zero-order valence-corrected chi connectivity index (χ0v) is 13.0. The number of hydrogen-bond acceptors (Lipinski definition) is 3. The van der Waals surface area contributed by atoms with Crippen molar-refractivity contribution in [2.45, 2.75) is 37.9 Å². The molecule has 2 bridgehead atoms. The van der Waals surface area contributed by atoms with Crippen LogP contribution in [0, 0.1) is 5.92 Å². The maximum absolute atomic E-state index is 11.3. The van der Waals surface area contributed by atoms with Crippen LogP contribution in [0.5, 0.6) is 5.75 Å². The first-order valence-corrected chi connectivity index (χ1v) is 7.70. The molecule has 2 aliphatic heterocycles. The van der Waals surface area contributed by atoms with Gasteiger partial charge >= 0.3 is 5.97 Å². The number of carboxylic acid groups (broad SMARTS) is 1. The van der Waals surface area contributed by atoms with Crippen molar-refractivity contribution in [2.75, 3.05) is 7.11 Å². The molecule has 0 spiro atoms. The summed E-state index contributed by atoms with van der Waals surface area (Å²) in [4.78, 5) is 13.6. The molecule has 2 fully saturated rings. The standard InChI is InChI=1S/C15H18BrNO3/c1-20-14-5-2-9(6-12(14)16)8-17-10-3-4-13(17)11(7-10)15(18)19/h2,5-6,10-11,13H,3-4,7-8H2,1H3,(H,18,19). The Morgan fingerprint density at radius 2 is 2.30 bits per heavy atom. The lowest BCUT2D eigenvalue weighted by Crippen LogP contribution is -2.32. The molecule has 0 radical (unpaired) electrons. The Labute approximate surface area is 126 Å². The van der Waals surface area contributed by atoms with Crippen LogP contribution in [0.3, 0.4) is 0 Å². The number of fused-ring (bicyclic) bond motifs is 2. The van der Waals surface area contributed by atoms with Crippen LogP contribution in [-0.4, -0.2) is 35.2 Å². The summed E-state index contributed by atoms with van der Waals surface area (Å²) in [6.07, 6.45) is 2.95. The van der Waals surface area contributed by atoms with E-state index in [2.05, 4.69) is 33.0 Å². The summed E-state index contributed by atoms with van der Waals surface area (Å²) >= 11 is 3.50. The minimum atomic E-state index is -0.641. The van der Waals surface area contributed by atoms with E-state index in [1.54, 1.807) is 7.11 Å². The molecule has 4 nitrogen and oxygen atoms in total. The number of aliphatic carboxylic acids is 1. The Morgan fingerprint density at radius 1 is 1.50 bits per heavy atom. The van der Waals surface area contributed by atoms with Gasteiger partial charge in [0, 0.05) is 18.6 Å². The maximum Gasteiger partial charge on any atom is 0.308 e. The second-order valence-corrected chi connectivity index (χ2v) is 6.47. The van der Waals surface area contributed by atoms with Crippen LogP contribution in [0.15, 0.2) is 22.7 Å². The lowest BCUT2D eigenvalue weighted by atomic mass is 9.89. The van der Waals surface area contributed by atoms with Crippen molar-refractivity contribution >= 4 is 21.9 Å². The van der Waals surface area contributed by atoms with Crippen molar-refractivity contribution in [3.05, 3.63) is 28.2 Å². The van der Waals surface area contributed by atoms with Gasteiger partial charge in [0.2, 0.25) is 0 Å². The number of carboxylic acids is 1. The number of methoxy groups -OCH3 is 1. The molecule has 2 heterocycles. The molecule has 1 aromatic rings. The molecular formula is C15H18BrNO3. The number of hydrogen-bond donors (Lipinski definition) is 1. The second kappa shape index (κ2) is 5.37. The highest BCUT2D eigenvalue weighted by Crippen LogP contribution is 2.42. The van der Waals surface area contributed by atoms with Gasteiger partial charge in [-0.2, -0.15) is 0 Å². The fourth-order valence-electron chi connectivity index (χ4n) is 3.63. The third-order valence-corrected chi connectivity index (χ3v) is 5.20. The fourth-order valence-corrected chi connectivity index (χ4v) is 4.22. The fraction of sp³-hybridized carbons (Fsp3) is 0.533. The third-order valence-electron chi connectivity index (χ3n) is 4.58. The molecule has 5 heteroatoms. The summed E-state index contributed by atoms with van der Waals surface area (Å²) in [7, 11) is 1.65. The van der Waals surface area contributed by atoms with Crippen LogP contribution < -0.4 is 4.74 Å². The molecule has 3 rings (SSSR count). The smallest absolute Gasteiger partial charge is 0.308 e. The molecule has 0 saturated carbocycles. The molecule has 0 aliphatic carbocycles. The van der Waals surface area contributed by atoms with Gasteiger partial charge in [0.05, 0.1) is 17.5 Å². The van der Waals surface area contributed by atoms with Crippen LogP contribution in [0.4, 0.5) is 0 Å². The molecule has 3 atom stereocenters. The van der Waals surface area contributed by atoms with Gasteiger partial charge < -0.3 is 9.84 Å². The Bertz CT molecular complexity index is 534. The molecule has 1 N–H and O–H groups in total. The lowest BCUT2D eigenvalue weighted by Gasteiger charge is -2.23. The van der Waals surface area contributed by atoms with Crippen molar-refractivity contribution < 1.29 is 14.6 Å². The molecule has 3 unspecified atom stereocenters. The van der Waals surface area contributed by atoms with Gasteiger partial charge in [-0.1, -0.05) is 6.07 Å². The average molecular weight is 340 g/mol. The minimum absolute atomic E-state index is 0.185. The third kappa shape index (κ3) is 2.33. The van der Waals surface area contributed by atoms with Gasteiger partial charge in [0.25, 0.3) is 0 Å². The van der Waals surface area contributed by atoms with E-state index < -0.39 is 5.97 Å². The number of benzene rings is 1. The quantitative estimate of drug-likeness (QED) is 0.916. The van der Waals surface area contributed by atoms with Gasteiger partial charge in [0.1, 0.15) is 5.75 Å². The number of carbonyl (C=O) groups is 1. The molecule has 0 aromatic heterocycles. The first-order valence-electron chi connectivity index (χ1n) is 6.91. The normalized spacial score (nSPS) is 28.8.